The summed E-state index contributed by atoms with van der Waals surface area (Å²) in [6.07, 6.45) is 2.19. The molecule has 0 saturated heterocycles. The molecule has 1 unspecified atom stereocenters. The Morgan fingerprint density at radius 2 is 2.09 bits per heavy atom. The number of carbonyl (C=O) groups excluding carboxylic acids is 1. The van der Waals surface area contributed by atoms with E-state index in [1.165, 1.54) is 0 Å². The van der Waals surface area contributed by atoms with Crippen LogP contribution >= 0.6 is 0 Å². The van der Waals surface area contributed by atoms with Crippen molar-refractivity contribution in [2.24, 2.45) is 5.73 Å². The van der Waals surface area contributed by atoms with Crippen LogP contribution in [0.2, 0.25) is 0 Å². The highest BCUT2D eigenvalue weighted by Crippen LogP contribution is 2.20. The summed E-state index contributed by atoms with van der Waals surface area (Å²) in [4.78, 5) is 10.5. The first-order valence-corrected chi connectivity index (χ1v) is 4.04. The van der Waals surface area contributed by atoms with Gasteiger partial charge >= 0.3 is 0 Å². The molecule has 0 heterocycles. The van der Waals surface area contributed by atoms with Crippen LogP contribution in [0, 0.1) is 0 Å². The second kappa shape index (κ2) is 4.34. The molecule has 0 spiro atoms. The van der Waals surface area contributed by atoms with Crippen molar-refractivity contribution in [3.8, 4) is 0 Å². The van der Waals surface area contributed by atoms with Gasteiger partial charge in [-0.25, -0.2) is 0 Å². The van der Waals surface area contributed by atoms with Gasteiger partial charge in [0.1, 0.15) is 0 Å². The largest absolute Gasteiger partial charge is 0.389 e. The van der Waals surface area contributed by atoms with E-state index in [1.807, 2.05) is 13.8 Å². The van der Waals surface area contributed by atoms with E-state index in [0.717, 1.165) is 6.42 Å². The third-order valence-electron chi connectivity index (χ3n) is 1.88. The molecule has 1 atom stereocenters. The first-order chi connectivity index (χ1) is 5.04. The quantitative estimate of drug-likeness (QED) is 0.623. The Kier molecular flexibility index (Phi) is 4.11. The Labute approximate surface area is 67.6 Å². The predicted octanol–water partition coefficient (Wildman–Crippen LogP) is 0.803. The molecule has 0 rings (SSSR count). The summed E-state index contributed by atoms with van der Waals surface area (Å²) in [5.74, 6) is -0.428. The molecule has 0 aromatic heterocycles. The molecule has 0 saturated carbocycles. The molecule has 3 N–H and O–H groups in total. The van der Waals surface area contributed by atoms with Crippen LogP contribution in [-0.2, 0) is 4.79 Å². The first-order valence-electron chi connectivity index (χ1n) is 4.04. The fraction of sp³-hybridized carbons (Fsp3) is 0.875. The fourth-order valence-corrected chi connectivity index (χ4v) is 1.18. The third-order valence-corrected chi connectivity index (χ3v) is 1.88. The Bertz CT molecular complexity index is 136. The number of primary amides is 1. The van der Waals surface area contributed by atoms with Crippen molar-refractivity contribution in [1.82, 2.24) is 0 Å². The minimum absolute atomic E-state index is 0.0807. The smallest absolute Gasteiger partial charge is 0.220 e. The van der Waals surface area contributed by atoms with Gasteiger partial charge in [-0.3, -0.25) is 4.79 Å². The molecular formula is C8H17NO2. The van der Waals surface area contributed by atoms with Crippen molar-refractivity contribution in [2.45, 2.75) is 45.1 Å². The zero-order valence-electron chi connectivity index (χ0n) is 7.26. The number of hydrogen-bond acceptors (Lipinski definition) is 2. The highest BCUT2D eigenvalue weighted by atomic mass is 16.3. The van der Waals surface area contributed by atoms with Gasteiger partial charge in [-0.2, -0.15) is 0 Å². The topological polar surface area (TPSA) is 63.3 Å². The fourth-order valence-electron chi connectivity index (χ4n) is 1.18. The van der Waals surface area contributed by atoms with E-state index >= 15 is 0 Å². The zero-order valence-corrected chi connectivity index (χ0v) is 7.26. The van der Waals surface area contributed by atoms with Gasteiger partial charge in [0.15, 0.2) is 0 Å². The number of aliphatic hydroxyl groups is 1. The maximum Gasteiger partial charge on any atom is 0.220 e. The van der Waals surface area contributed by atoms with Gasteiger partial charge in [0.25, 0.3) is 0 Å². The van der Waals surface area contributed by atoms with Crippen molar-refractivity contribution in [1.29, 1.82) is 0 Å². The van der Waals surface area contributed by atoms with Crippen molar-refractivity contribution >= 4 is 5.91 Å². The van der Waals surface area contributed by atoms with Crippen LogP contribution in [-0.4, -0.2) is 16.6 Å². The van der Waals surface area contributed by atoms with E-state index < -0.39 is 11.5 Å². The highest BCUT2D eigenvalue weighted by Gasteiger charge is 2.25. The molecule has 3 heteroatoms. The highest BCUT2D eigenvalue weighted by molar-refractivity contribution is 5.74. The number of amides is 1. The number of nitrogens with two attached hydrogens (primary N) is 1. The van der Waals surface area contributed by atoms with Crippen molar-refractivity contribution in [2.75, 3.05) is 0 Å². The SMILES string of the molecule is CCCC(O)(CC)CC(N)=O. The van der Waals surface area contributed by atoms with Crippen LogP contribution in [0.5, 0.6) is 0 Å². The molecule has 66 valence electrons. The maximum absolute atomic E-state index is 10.5. The third kappa shape index (κ3) is 3.98. The second-order valence-electron chi connectivity index (χ2n) is 2.97. The van der Waals surface area contributed by atoms with Crippen LogP contribution in [0.25, 0.3) is 0 Å². The maximum atomic E-state index is 10.5. The summed E-state index contributed by atoms with van der Waals surface area (Å²) in [5.41, 5.74) is 4.12. The minimum atomic E-state index is -0.861. The Morgan fingerprint density at radius 3 is 2.36 bits per heavy atom. The van der Waals surface area contributed by atoms with Crippen LogP contribution in [0.3, 0.4) is 0 Å². The average Bonchev–Trinajstić information content (AvgIpc) is 1.87. The summed E-state index contributed by atoms with van der Waals surface area (Å²) in [6.45, 7) is 3.83. The Morgan fingerprint density at radius 1 is 1.55 bits per heavy atom. The molecule has 0 radical (unpaired) electrons. The lowest BCUT2D eigenvalue weighted by molar-refractivity contribution is -0.123. The van der Waals surface area contributed by atoms with Gasteiger partial charge in [0, 0.05) is 0 Å². The summed E-state index contributed by atoms with van der Waals surface area (Å²) >= 11 is 0. The summed E-state index contributed by atoms with van der Waals surface area (Å²) in [5, 5.41) is 9.69. The number of carbonyl (C=O) groups is 1. The molecular weight excluding hydrogens is 142 g/mol. The van der Waals surface area contributed by atoms with Crippen LogP contribution in [0.15, 0.2) is 0 Å². The number of rotatable bonds is 5. The molecule has 11 heavy (non-hydrogen) atoms. The average molecular weight is 159 g/mol. The molecule has 1 amide bonds. The summed E-state index contributed by atoms with van der Waals surface area (Å²) in [6, 6.07) is 0. The minimum Gasteiger partial charge on any atom is -0.389 e. The molecule has 0 fully saturated rings. The van der Waals surface area contributed by atoms with Gasteiger partial charge in [0.2, 0.25) is 5.91 Å². The number of hydrogen-bond donors (Lipinski definition) is 2. The zero-order chi connectivity index (χ0) is 8.91. The Balaban J connectivity index is 3.98. The van der Waals surface area contributed by atoms with Crippen molar-refractivity contribution in [3.05, 3.63) is 0 Å². The van der Waals surface area contributed by atoms with Gasteiger partial charge in [-0.15, -0.1) is 0 Å². The van der Waals surface area contributed by atoms with Crippen molar-refractivity contribution in [3.63, 3.8) is 0 Å². The van der Waals surface area contributed by atoms with E-state index in [1.54, 1.807) is 0 Å². The molecule has 0 aliphatic rings. The van der Waals surface area contributed by atoms with Crippen molar-refractivity contribution < 1.29 is 9.90 Å². The van der Waals surface area contributed by atoms with E-state index in [2.05, 4.69) is 0 Å². The van der Waals surface area contributed by atoms with Crippen LogP contribution < -0.4 is 5.73 Å². The lowest BCUT2D eigenvalue weighted by Crippen LogP contribution is -2.33. The molecule has 0 aliphatic carbocycles. The predicted molar refractivity (Wildman–Crippen MR) is 44.0 cm³/mol. The normalized spacial score (nSPS) is 15.9. The van der Waals surface area contributed by atoms with E-state index in [9.17, 15) is 9.90 Å². The summed E-state index contributed by atoms with van der Waals surface area (Å²) in [7, 11) is 0. The van der Waals surface area contributed by atoms with Gasteiger partial charge in [0.05, 0.1) is 12.0 Å². The molecule has 0 aromatic carbocycles. The molecule has 0 aromatic rings. The van der Waals surface area contributed by atoms with E-state index in [0.29, 0.717) is 12.8 Å². The summed E-state index contributed by atoms with van der Waals surface area (Å²) < 4.78 is 0. The second-order valence-corrected chi connectivity index (χ2v) is 2.97. The van der Waals surface area contributed by atoms with E-state index in [-0.39, 0.29) is 6.42 Å². The van der Waals surface area contributed by atoms with Gasteiger partial charge in [-0.1, -0.05) is 20.3 Å². The monoisotopic (exact) mass is 159 g/mol. The lowest BCUT2D eigenvalue weighted by atomic mass is 9.91. The van der Waals surface area contributed by atoms with E-state index in [4.69, 9.17) is 5.73 Å². The Hall–Kier alpha value is -0.570. The van der Waals surface area contributed by atoms with Gasteiger partial charge < -0.3 is 10.8 Å². The first kappa shape index (κ1) is 10.4. The van der Waals surface area contributed by atoms with Crippen LogP contribution in [0.4, 0.5) is 0 Å². The standard InChI is InChI=1S/C8H17NO2/c1-3-5-8(11,4-2)6-7(9)10/h11H,3-6H2,1-2H3,(H2,9,10). The molecule has 0 bridgehead atoms. The lowest BCUT2D eigenvalue weighted by Gasteiger charge is -2.24. The molecule has 0 aliphatic heterocycles. The van der Waals surface area contributed by atoms with Crippen LogP contribution in [0.1, 0.15) is 39.5 Å². The molecule has 3 nitrogen and oxygen atoms in total. The van der Waals surface area contributed by atoms with Gasteiger partial charge in [-0.05, 0) is 12.8 Å².